The summed E-state index contributed by atoms with van der Waals surface area (Å²) in [6.07, 6.45) is 2.76. The van der Waals surface area contributed by atoms with Gasteiger partial charge in [-0.25, -0.2) is 9.97 Å². The summed E-state index contributed by atoms with van der Waals surface area (Å²) in [5.41, 5.74) is 2.46. The zero-order valence-electron chi connectivity index (χ0n) is 13.7. The summed E-state index contributed by atoms with van der Waals surface area (Å²) in [5.74, 6) is 2.18. The summed E-state index contributed by atoms with van der Waals surface area (Å²) in [5, 5.41) is 3.47. The van der Waals surface area contributed by atoms with E-state index in [1.165, 1.54) is 11.3 Å². The number of amides is 1. The van der Waals surface area contributed by atoms with Gasteiger partial charge in [-0.2, -0.15) is 11.8 Å². The summed E-state index contributed by atoms with van der Waals surface area (Å²) in [6.45, 7) is 2.01. The molecule has 128 valence electrons. The Hall–Kier alpha value is -2.12. The van der Waals surface area contributed by atoms with Gasteiger partial charge in [0.25, 0.3) is 5.91 Å². The van der Waals surface area contributed by atoms with Crippen LogP contribution < -0.4 is 10.1 Å². The number of thioether (sulfide) groups is 1. The number of benzene rings is 1. The van der Waals surface area contributed by atoms with Crippen LogP contribution in [0.1, 0.15) is 22.3 Å². The molecule has 1 aromatic carbocycles. The van der Waals surface area contributed by atoms with Crippen molar-refractivity contribution < 1.29 is 9.53 Å². The van der Waals surface area contributed by atoms with Gasteiger partial charge in [-0.1, -0.05) is 23.5 Å². The Bertz CT molecular complexity index is 920. The minimum atomic E-state index is -0.245. The predicted molar refractivity (Wildman–Crippen MR) is 103 cm³/mol. The number of thiazole rings is 1. The lowest BCUT2D eigenvalue weighted by molar-refractivity contribution is 0.101. The van der Waals surface area contributed by atoms with Gasteiger partial charge in [-0.05, 0) is 42.9 Å². The van der Waals surface area contributed by atoms with Crippen molar-refractivity contribution >= 4 is 44.4 Å². The van der Waals surface area contributed by atoms with Gasteiger partial charge in [0.1, 0.15) is 11.7 Å². The molecule has 1 saturated heterocycles. The molecule has 0 saturated carbocycles. The normalized spacial score (nSPS) is 16.9. The van der Waals surface area contributed by atoms with E-state index < -0.39 is 0 Å². The van der Waals surface area contributed by atoms with E-state index in [0.717, 1.165) is 33.7 Å². The fourth-order valence-electron chi connectivity index (χ4n) is 2.73. The summed E-state index contributed by atoms with van der Waals surface area (Å²) < 4.78 is 6.99. The molecule has 5 nitrogen and oxygen atoms in total. The molecule has 1 amide bonds. The minimum Gasteiger partial charge on any atom is -0.473 e. The number of carbonyl (C=O) groups excluding carboxylic acids is 1. The lowest BCUT2D eigenvalue weighted by atomic mass is 10.2. The lowest BCUT2D eigenvalue weighted by Gasteiger charge is -2.14. The largest absolute Gasteiger partial charge is 0.473 e. The fourth-order valence-corrected chi connectivity index (χ4v) is 4.76. The van der Waals surface area contributed by atoms with Crippen LogP contribution in [0.15, 0.2) is 36.5 Å². The number of anilines is 1. The average Bonchev–Trinajstić information content (AvgIpc) is 3.25. The van der Waals surface area contributed by atoms with E-state index >= 15 is 0 Å². The first-order valence-corrected chi connectivity index (χ1v) is 10.0. The van der Waals surface area contributed by atoms with Crippen molar-refractivity contribution in [3.63, 3.8) is 0 Å². The smallest absolute Gasteiger partial charge is 0.262 e. The minimum absolute atomic E-state index is 0.122. The third-order valence-corrected chi connectivity index (χ3v) is 6.09. The van der Waals surface area contributed by atoms with Crippen molar-refractivity contribution in [2.75, 3.05) is 16.8 Å². The number of aromatic nitrogens is 2. The highest BCUT2D eigenvalue weighted by Gasteiger charge is 2.22. The lowest BCUT2D eigenvalue weighted by Crippen LogP contribution is -2.20. The number of hydrogen-bond donors (Lipinski definition) is 1. The van der Waals surface area contributed by atoms with Crippen LogP contribution in [0.4, 0.5) is 5.13 Å². The summed E-state index contributed by atoms with van der Waals surface area (Å²) in [4.78, 5) is 21.5. The van der Waals surface area contributed by atoms with Crippen molar-refractivity contribution in [3.8, 4) is 5.88 Å². The zero-order chi connectivity index (χ0) is 17.2. The number of aryl methyl sites for hydroxylation is 1. The summed E-state index contributed by atoms with van der Waals surface area (Å²) in [7, 11) is 0. The molecule has 1 unspecified atom stereocenters. The van der Waals surface area contributed by atoms with Crippen molar-refractivity contribution in [2.45, 2.75) is 19.4 Å². The number of nitrogens with one attached hydrogen (secondary N) is 1. The van der Waals surface area contributed by atoms with Gasteiger partial charge in [0.2, 0.25) is 5.88 Å². The van der Waals surface area contributed by atoms with E-state index in [4.69, 9.17) is 4.74 Å². The second kappa shape index (κ2) is 7.01. The van der Waals surface area contributed by atoms with Gasteiger partial charge >= 0.3 is 0 Å². The molecule has 1 N–H and O–H groups in total. The average molecular weight is 371 g/mol. The van der Waals surface area contributed by atoms with Gasteiger partial charge in [0.05, 0.1) is 10.2 Å². The fraction of sp³-hybridized carbons (Fsp3) is 0.278. The van der Waals surface area contributed by atoms with E-state index in [9.17, 15) is 4.79 Å². The molecule has 0 aliphatic carbocycles. The maximum Gasteiger partial charge on any atom is 0.262 e. The highest BCUT2D eigenvalue weighted by molar-refractivity contribution is 7.99. The van der Waals surface area contributed by atoms with Crippen LogP contribution in [-0.4, -0.2) is 33.5 Å². The highest BCUT2D eigenvalue weighted by Crippen LogP contribution is 2.29. The molecule has 3 heterocycles. The van der Waals surface area contributed by atoms with Gasteiger partial charge in [-0.3, -0.25) is 10.1 Å². The number of rotatable bonds is 4. The van der Waals surface area contributed by atoms with Crippen LogP contribution in [0.5, 0.6) is 5.88 Å². The number of carbonyl (C=O) groups is 1. The third-order valence-electron chi connectivity index (χ3n) is 4.02. The zero-order valence-corrected chi connectivity index (χ0v) is 15.3. The molecule has 4 rings (SSSR count). The van der Waals surface area contributed by atoms with Crippen molar-refractivity contribution in [1.29, 1.82) is 0 Å². The van der Waals surface area contributed by atoms with Crippen LogP contribution >= 0.6 is 23.1 Å². The number of para-hydroxylation sites is 1. The van der Waals surface area contributed by atoms with Gasteiger partial charge < -0.3 is 4.74 Å². The Balaban J connectivity index is 1.56. The van der Waals surface area contributed by atoms with E-state index in [0.29, 0.717) is 16.6 Å². The molecule has 1 aliphatic heterocycles. The number of ether oxygens (including phenoxy) is 1. The first kappa shape index (κ1) is 16.4. The van der Waals surface area contributed by atoms with Gasteiger partial charge in [-0.15, -0.1) is 0 Å². The van der Waals surface area contributed by atoms with Crippen LogP contribution in [-0.2, 0) is 0 Å². The molecule has 1 atom stereocenters. The SMILES string of the molecule is Cc1cccc2sc(NC(=O)c3cccnc3OC3CCSC3)nc12. The van der Waals surface area contributed by atoms with Gasteiger partial charge in [0, 0.05) is 11.9 Å². The van der Waals surface area contributed by atoms with E-state index in [1.54, 1.807) is 18.3 Å². The molecule has 0 spiro atoms. The molecular formula is C18H17N3O2S2. The van der Waals surface area contributed by atoms with E-state index in [1.807, 2.05) is 36.9 Å². The Morgan fingerprint density at radius 3 is 3.04 bits per heavy atom. The van der Waals surface area contributed by atoms with E-state index in [-0.39, 0.29) is 12.0 Å². The summed E-state index contributed by atoms with van der Waals surface area (Å²) >= 11 is 3.33. The number of nitrogens with zero attached hydrogens (tertiary/aromatic N) is 2. The Kier molecular flexibility index (Phi) is 4.59. The highest BCUT2D eigenvalue weighted by atomic mass is 32.2. The Morgan fingerprint density at radius 2 is 2.24 bits per heavy atom. The van der Waals surface area contributed by atoms with Crippen LogP contribution in [0, 0.1) is 6.92 Å². The molecule has 2 aromatic heterocycles. The van der Waals surface area contributed by atoms with Crippen molar-refractivity contribution in [1.82, 2.24) is 9.97 Å². The monoisotopic (exact) mass is 371 g/mol. The molecule has 0 radical (unpaired) electrons. The molecule has 3 aromatic rings. The maximum atomic E-state index is 12.7. The number of pyridine rings is 1. The quantitative estimate of drug-likeness (QED) is 0.747. The predicted octanol–water partition coefficient (Wildman–Crippen LogP) is 4.14. The van der Waals surface area contributed by atoms with Crippen LogP contribution in [0.25, 0.3) is 10.2 Å². The maximum absolute atomic E-state index is 12.7. The van der Waals surface area contributed by atoms with Crippen LogP contribution in [0.2, 0.25) is 0 Å². The molecule has 7 heteroatoms. The van der Waals surface area contributed by atoms with Crippen molar-refractivity contribution in [3.05, 3.63) is 47.7 Å². The summed E-state index contributed by atoms with van der Waals surface area (Å²) in [6, 6.07) is 9.49. The molecule has 25 heavy (non-hydrogen) atoms. The molecule has 1 aliphatic rings. The number of fused-ring (bicyclic) bond motifs is 1. The molecule has 1 fully saturated rings. The standard InChI is InChI=1S/C18H17N3O2S2/c1-11-4-2-6-14-15(11)20-18(25-14)21-16(22)13-5-3-8-19-17(13)23-12-7-9-24-10-12/h2-6,8,12H,7,9-10H2,1H3,(H,20,21,22). The number of hydrogen-bond acceptors (Lipinski definition) is 6. The van der Waals surface area contributed by atoms with E-state index in [2.05, 4.69) is 15.3 Å². The van der Waals surface area contributed by atoms with Crippen molar-refractivity contribution in [2.24, 2.45) is 0 Å². The topological polar surface area (TPSA) is 64.1 Å². The first-order chi connectivity index (χ1) is 12.2. The Labute approximate surface area is 153 Å². The molecular weight excluding hydrogens is 354 g/mol. The Morgan fingerprint density at radius 1 is 1.32 bits per heavy atom. The second-order valence-electron chi connectivity index (χ2n) is 5.85. The third kappa shape index (κ3) is 3.48. The molecule has 0 bridgehead atoms. The van der Waals surface area contributed by atoms with Gasteiger partial charge in [0.15, 0.2) is 5.13 Å². The first-order valence-electron chi connectivity index (χ1n) is 8.07. The second-order valence-corrected chi connectivity index (χ2v) is 8.03. The van der Waals surface area contributed by atoms with Crippen LogP contribution in [0.3, 0.4) is 0 Å².